The Bertz CT molecular complexity index is 196. The molecule has 0 aromatic rings. The van der Waals surface area contributed by atoms with Crippen molar-refractivity contribution in [1.29, 1.82) is 0 Å². The van der Waals surface area contributed by atoms with Gasteiger partial charge in [-0.15, -0.1) is 0 Å². The van der Waals surface area contributed by atoms with Crippen LogP contribution >= 0.6 is 15.9 Å². The lowest BCUT2D eigenvalue weighted by molar-refractivity contribution is -0.132. The fourth-order valence-corrected chi connectivity index (χ4v) is 1.71. The molecule has 1 atom stereocenters. The molecule has 1 unspecified atom stereocenters. The molecule has 0 radical (unpaired) electrons. The first-order chi connectivity index (χ1) is 4.63. The summed E-state index contributed by atoms with van der Waals surface area (Å²) in [5, 5.41) is 8.61. The van der Waals surface area contributed by atoms with Crippen LogP contribution in [0.1, 0.15) is 19.8 Å². The number of hydrogen-bond donors (Lipinski definition) is 1. The molecule has 2 nitrogen and oxygen atoms in total. The Labute approximate surface area is 68.1 Å². The minimum Gasteiger partial charge on any atom is -0.478 e. The van der Waals surface area contributed by atoms with Crippen molar-refractivity contribution in [2.75, 3.05) is 0 Å². The molecular weight excluding hydrogens is 196 g/mol. The number of carboxylic acid groups (broad SMARTS) is 1. The largest absolute Gasteiger partial charge is 0.478 e. The normalized spacial score (nSPS) is 25.6. The molecule has 0 amide bonds. The number of carbonyl (C=O) groups is 1. The highest BCUT2D eigenvalue weighted by Crippen LogP contribution is 2.35. The van der Waals surface area contributed by atoms with Gasteiger partial charge >= 0.3 is 5.97 Å². The summed E-state index contributed by atoms with van der Waals surface area (Å²) in [6, 6.07) is 0. The Morgan fingerprint density at radius 1 is 1.80 bits per heavy atom. The van der Waals surface area contributed by atoms with Gasteiger partial charge in [-0.1, -0.05) is 22.9 Å². The van der Waals surface area contributed by atoms with E-state index in [-0.39, 0.29) is 0 Å². The molecule has 0 spiro atoms. The van der Waals surface area contributed by atoms with Crippen LogP contribution in [0.2, 0.25) is 0 Å². The second-order valence-electron chi connectivity index (χ2n) is 2.57. The van der Waals surface area contributed by atoms with Crippen LogP contribution in [-0.4, -0.2) is 11.1 Å². The number of carboxylic acids is 1. The molecule has 0 aromatic heterocycles. The molecule has 1 aliphatic carbocycles. The third-order valence-electron chi connectivity index (χ3n) is 1.81. The van der Waals surface area contributed by atoms with E-state index >= 15 is 0 Å². The van der Waals surface area contributed by atoms with Crippen molar-refractivity contribution in [1.82, 2.24) is 0 Å². The molecule has 1 N–H and O–H groups in total. The Kier molecular flexibility index (Phi) is 2.14. The van der Waals surface area contributed by atoms with Crippen molar-refractivity contribution in [3.63, 3.8) is 0 Å². The van der Waals surface area contributed by atoms with Gasteiger partial charge in [0.05, 0.1) is 0 Å². The number of rotatable bonds is 1. The van der Waals surface area contributed by atoms with Crippen LogP contribution in [0.25, 0.3) is 0 Å². The number of allylic oxidation sites excluding steroid dienone is 1. The fraction of sp³-hybridized carbons (Fsp3) is 0.571. The summed E-state index contributed by atoms with van der Waals surface area (Å²) in [5.41, 5.74) is 0.549. The molecule has 1 aliphatic rings. The van der Waals surface area contributed by atoms with E-state index in [9.17, 15) is 4.79 Å². The molecule has 3 heteroatoms. The van der Waals surface area contributed by atoms with Crippen molar-refractivity contribution in [2.24, 2.45) is 5.92 Å². The van der Waals surface area contributed by atoms with E-state index in [1.807, 2.05) is 6.92 Å². The molecule has 1 rings (SSSR count). The standard InChI is InChI=1S/C7H9BrO2/c1-4-2-3-5(6(4)8)7(9)10/h4H,2-3H2,1H3,(H,9,10). The first-order valence-corrected chi connectivity index (χ1v) is 4.04. The average molecular weight is 205 g/mol. The molecule has 0 saturated heterocycles. The van der Waals surface area contributed by atoms with Gasteiger partial charge in [0, 0.05) is 10.1 Å². The minimum atomic E-state index is -0.781. The van der Waals surface area contributed by atoms with Crippen molar-refractivity contribution >= 4 is 21.9 Å². The average Bonchev–Trinajstić information content (AvgIpc) is 2.14. The highest BCUT2D eigenvalue weighted by Gasteiger charge is 2.23. The zero-order chi connectivity index (χ0) is 7.72. The molecule has 0 aromatic carbocycles. The first-order valence-electron chi connectivity index (χ1n) is 3.24. The lowest BCUT2D eigenvalue weighted by Gasteiger charge is -1.98. The first kappa shape index (κ1) is 7.79. The Morgan fingerprint density at radius 3 is 2.60 bits per heavy atom. The lowest BCUT2D eigenvalue weighted by Crippen LogP contribution is -1.97. The van der Waals surface area contributed by atoms with Crippen molar-refractivity contribution < 1.29 is 9.90 Å². The van der Waals surface area contributed by atoms with E-state index in [4.69, 9.17) is 5.11 Å². The molecule has 0 bridgehead atoms. The smallest absolute Gasteiger partial charge is 0.332 e. The highest BCUT2D eigenvalue weighted by molar-refractivity contribution is 9.11. The SMILES string of the molecule is CC1CCC(C(=O)O)=C1Br. The highest BCUT2D eigenvalue weighted by atomic mass is 79.9. The van der Waals surface area contributed by atoms with Crippen LogP contribution in [-0.2, 0) is 4.79 Å². The van der Waals surface area contributed by atoms with E-state index in [0.717, 1.165) is 10.9 Å². The zero-order valence-electron chi connectivity index (χ0n) is 5.72. The van der Waals surface area contributed by atoms with E-state index in [2.05, 4.69) is 15.9 Å². The zero-order valence-corrected chi connectivity index (χ0v) is 7.31. The van der Waals surface area contributed by atoms with Gasteiger partial charge in [0.25, 0.3) is 0 Å². The Balaban J connectivity index is 2.85. The Hall–Kier alpha value is -0.310. The quantitative estimate of drug-likeness (QED) is 0.711. The minimum absolute atomic E-state index is 0.395. The summed E-state index contributed by atoms with van der Waals surface area (Å²) >= 11 is 3.27. The molecule has 10 heavy (non-hydrogen) atoms. The van der Waals surface area contributed by atoms with E-state index < -0.39 is 5.97 Å². The fourth-order valence-electron chi connectivity index (χ4n) is 1.11. The van der Waals surface area contributed by atoms with Gasteiger partial charge in [-0.05, 0) is 18.8 Å². The summed E-state index contributed by atoms with van der Waals surface area (Å²) < 4.78 is 0.875. The maximum Gasteiger partial charge on any atom is 0.332 e. The third-order valence-corrected chi connectivity index (χ3v) is 3.07. The summed E-state index contributed by atoms with van der Waals surface area (Å²) in [4.78, 5) is 10.5. The Morgan fingerprint density at radius 2 is 2.40 bits per heavy atom. The van der Waals surface area contributed by atoms with Crippen LogP contribution in [0.15, 0.2) is 10.1 Å². The molecule has 0 aliphatic heterocycles. The molecule has 56 valence electrons. The van der Waals surface area contributed by atoms with Crippen LogP contribution in [0.3, 0.4) is 0 Å². The van der Waals surface area contributed by atoms with Crippen LogP contribution < -0.4 is 0 Å². The maximum atomic E-state index is 10.5. The second kappa shape index (κ2) is 2.74. The van der Waals surface area contributed by atoms with Gasteiger partial charge < -0.3 is 5.11 Å². The topological polar surface area (TPSA) is 37.3 Å². The predicted molar refractivity (Wildman–Crippen MR) is 42.0 cm³/mol. The van der Waals surface area contributed by atoms with E-state index in [0.29, 0.717) is 17.9 Å². The monoisotopic (exact) mass is 204 g/mol. The van der Waals surface area contributed by atoms with Gasteiger partial charge in [0.15, 0.2) is 0 Å². The van der Waals surface area contributed by atoms with Gasteiger partial charge in [-0.3, -0.25) is 0 Å². The van der Waals surface area contributed by atoms with Crippen molar-refractivity contribution in [3.05, 3.63) is 10.1 Å². The van der Waals surface area contributed by atoms with Crippen LogP contribution in [0.5, 0.6) is 0 Å². The van der Waals surface area contributed by atoms with Crippen LogP contribution in [0.4, 0.5) is 0 Å². The third kappa shape index (κ3) is 1.24. The summed E-state index contributed by atoms with van der Waals surface area (Å²) in [7, 11) is 0. The van der Waals surface area contributed by atoms with Crippen molar-refractivity contribution in [3.8, 4) is 0 Å². The van der Waals surface area contributed by atoms with Gasteiger partial charge in [-0.2, -0.15) is 0 Å². The van der Waals surface area contributed by atoms with Gasteiger partial charge in [0.1, 0.15) is 0 Å². The summed E-state index contributed by atoms with van der Waals surface area (Å²) in [5.74, 6) is -0.387. The van der Waals surface area contributed by atoms with E-state index in [1.54, 1.807) is 0 Å². The van der Waals surface area contributed by atoms with E-state index in [1.165, 1.54) is 0 Å². The predicted octanol–water partition coefficient (Wildman–Crippen LogP) is 2.15. The molecule has 0 fully saturated rings. The van der Waals surface area contributed by atoms with Crippen molar-refractivity contribution in [2.45, 2.75) is 19.8 Å². The number of hydrogen-bond acceptors (Lipinski definition) is 1. The van der Waals surface area contributed by atoms with Crippen LogP contribution in [0, 0.1) is 5.92 Å². The summed E-state index contributed by atoms with van der Waals surface area (Å²) in [6.07, 6.45) is 1.67. The molecule has 0 saturated carbocycles. The molecule has 0 heterocycles. The number of halogens is 1. The van der Waals surface area contributed by atoms with Gasteiger partial charge in [0.2, 0.25) is 0 Å². The van der Waals surface area contributed by atoms with Gasteiger partial charge in [-0.25, -0.2) is 4.79 Å². The molecular formula is C7H9BrO2. The maximum absolute atomic E-state index is 10.5. The second-order valence-corrected chi connectivity index (χ2v) is 3.43. The lowest BCUT2D eigenvalue weighted by atomic mass is 10.2. The summed E-state index contributed by atoms with van der Waals surface area (Å²) in [6.45, 7) is 2.03. The number of aliphatic carboxylic acids is 1.